The van der Waals surface area contributed by atoms with Crippen molar-refractivity contribution in [1.82, 2.24) is 0 Å². The number of fused-ring (bicyclic) bond motifs is 1. The Morgan fingerprint density at radius 3 is 2.24 bits per heavy atom. The van der Waals surface area contributed by atoms with E-state index in [1.807, 2.05) is 60.7 Å². The van der Waals surface area contributed by atoms with Crippen LogP contribution in [0, 0.1) is 0 Å². The van der Waals surface area contributed by atoms with Gasteiger partial charge in [-0.25, -0.2) is 0 Å². The van der Waals surface area contributed by atoms with Gasteiger partial charge in [-0.1, -0.05) is 36.4 Å². The Labute approximate surface area is 169 Å². The first kappa shape index (κ1) is 18.7. The molecule has 0 radical (unpaired) electrons. The molecule has 6 nitrogen and oxygen atoms in total. The van der Waals surface area contributed by atoms with Gasteiger partial charge in [-0.05, 0) is 35.9 Å². The van der Waals surface area contributed by atoms with Crippen molar-refractivity contribution in [3.63, 3.8) is 0 Å². The highest BCUT2D eigenvalue weighted by atomic mass is 16.5. The van der Waals surface area contributed by atoms with E-state index in [2.05, 4.69) is 16.0 Å². The van der Waals surface area contributed by atoms with Crippen molar-refractivity contribution in [2.45, 2.75) is 12.6 Å². The van der Waals surface area contributed by atoms with Gasteiger partial charge in [0, 0.05) is 11.3 Å². The number of hydrogen-bond acceptors (Lipinski definition) is 5. The van der Waals surface area contributed by atoms with E-state index in [9.17, 15) is 4.79 Å². The third kappa shape index (κ3) is 3.96. The van der Waals surface area contributed by atoms with E-state index in [0.717, 1.165) is 28.2 Å². The van der Waals surface area contributed by atoms with Gasteiger partial charge in [0.2, 0.25) is 5.91 Å². The molecule has 0 spiro atoms. The molecule has 3 aromatic carbocycles. The van der Waals surface area contributed by atoms with Gasteiger partial charge in [0.1, 0.15) is 6.17 Å². The largest absolute Gasteiger partial charge is 0.493 e. The summed E-state index contributed by atoms with van der Waals surface area (Å²) in [6.45, 7) is 0. The maximum atomic E-state index is 12.7. The average Bonchev–Trinajstić information content (AvgIpc) is 3.18. The van der Waals surface area contributed by atoms with Crippen molar-refractivity contribution in [2.24, 2.45) is 0 Å². The second-order valence-electron chi connectivity index (χ2n) is 6.77. The minimum atomic E-state index is -0.106. The fourth-order valence-corrected chi connectivity index (χ4v) is 3.47. The molecule has 0 bridgehead atoms. The highest BCUT2D eigenvalue weighted by Gasteiger charge is 2.23. The predicted molar refractivity (Wildman–Crippen MR) is 115 cm³/mol. The zero-order valence-electron chi connectivity index (χ0n) is 16.4. The molecule has 4 rings (SSSR count). The lowest BCUT2D eigenvalue weighted by atomic mass is 10.1. The SMILES string of the molecule is COc1ccc(CC(=O)Nc2ccccc2C2Nc3ccccc3N2)cc1OC. The zero-order chi connectivity index (χ0) is 20.2. The van der Waals surface area contributed by atoms with Gasteiger partial charge in [0.25, 0.3) is 0 Å². The first-order chi connectivity index (χ1) is 14.2. The van der Waals surface area contributed by atoms with Crippen molar-refractivity contribution in [3.8, 4) is 11.5 Å². The van der Waals surface area contributed by atoms with E-state index in [1.54, 1.807) is 20.3 Å². The maximum Gasteiger partial charge on any atom is 0.228 e. The molecule has 3 aromatic rings. The zero-order valence-corrected chi connectivity index (χ0v) is 16.4. The monoisotopic (exact) mass is 389 g/mol. The third-order valence-corrected chi connectivity index (χ3v) is 4.89. The normalized spacial score (nSPS) is 12.5. The number of rotatable bonds is 6. The number of carbonyl (C=O) groups excluding carboxylic acids is 1. The third-order valence-electron chi connectivity index (χ3n) is 4.89. The number of ether oxygens (including phenoxy) is 2. The second-order valence-corrected chi connectivity index (χ2v) is 6.77. The highest BCUT2D eigenvalue weighted by Crippen LogP contribution is 2.37. The molecule has 6 heteroatoms. The van der Waals surface area contributed by atoms with Crippen LogP contribution in [0.2, 0.25) is 0 Å². The first-order valence-electron chi connectivity index (χ1n) is 9.39. The fourth-order valence-electron chi connectivity index (χ4n) is 3.47. The van der Waals surface area contributed by atoms with Crippen molar-refractivity contribution >= 4 is 23.0 Å². The van der Waals surface area contributed by atoms with E-state index in [1.165, 1.54) is 0 Å². The number of hydrogen-bond donors (Lipinski definition) is 3. The quantitative estimate of drug-likeness (QED) is 0.582. The van der Waals surface area contributed by atoms with Crippen LogP contribution in [0.4, 0.5) is 17.1 Å². The molecule has 29 heavy (non-hydrogen) atoms. The lowest BCUT2D eigenvalue weighted by Crippen LogP contribution is -2.19. The van der Waals surface area contributed by atoms with Crippen LogP contribution in [-0.4, -0.2) is 20.1 Å². The Kier molecular flexibility index (Phi) is 5.24. The predicted octanol–water partition coefficient (Wildman–Crippen LogP) is 4.42. The molecule has 0 atom stereocenters. The Bertz CT molecular complexity index is 1010. The molecular formula is C23H23N3O3. The van der Waals surface area contributed by atoms with Crippen LogP contribution >= 0.6 is 0 Å². The molecular weight excluding hydrogens is 366 g/mol. The summed E-state index contributed by atoms with van der Waals surface area (Å²) >= 11 is 0. The minimum absolute atomic E-state index is 0.0971. The van der Waals surface area contributed by atoms with Crippen LogP contribution < -0.4 is 25.4 Å². The van der Waals surface area contributed by atoms with Gasteiger partial charge >= 0.3 is 0 Å². The second kappa shape index (κ2) is 8.14. The summed E-state index contributed by atoms with van der Waals surface area (Å²) in [6.07, 6.45) is 0.130. The Balaban J connectivity index is 1.49. The Hall–Kier alpha value is -3.67. The van der Waals surface area contributed by atoms with Crippen molar-refractivity contribution < 1.29 is 14.3 Å². The smallest absolute Gasteiger partial charge is 0.228 e. The Morgan fingerprint density at radius 1 is 0.897 bits per heavy atom. The van der Waals surface area contributed by atoms with Crippen LogP contribution in [0.5, 0.6) is 11.5 Å². The summed E-state index contributed by atoms with van der Waals surface area (Å²) in [5, 5.41) is 9.94. The van der Waals surface area contributed by atoms with E-state index >= 15 is 0 Å². The fraction of sp³-hybridized carbons (Fsp3) is 0.174. The molecule has 1 amide bonds. The molecule has 0 fully saturated rings. The molecule has 0 aromatic heterocycles. The highest BCUT2D eigenvalue weighted by molar-refractivity contribution is 5.93. The maximum absolute atomic E-state index is 12.7. The molecule has 0 saturated carbocycles. The Morgan fingerprint density at radius 2 is 1.55 bits per heavy atom. The summed E-state index contributed by atoms with van der Waals surface area (Å²) in [5.41, 5.74) is 4.69. The number of anilines is 3. The van der Waals surface area contributed by atoms with Gasteiger partial charge in [-0.15, -0.1) is 0 Å². The molecule has 0 aliphatic carbocycles. The van der Waals surface area contributed by atoms with Crippen molar-refractivity contribution in [3.05, 3.63) is 77.9 Å². The van der Waals surface area contributed by atoms with E-state index < -0.39 is 0 Å². The summed E-state index contributed by atoms with van der Waals surface area (Å²) in [6, 6.07) is 21.3. The molecule has 1 heterocycles. The van der Waals surface area contributed by atoms with Gasteiger partial charge in [0.15, 0.2) is 11.5 Å². The number of para-hydroxylation sites is 3. The summed E-state index contributed by atoms with van der Waals surface area (Å²) in [5.74, 6) is 1.15. The lowest BCUT2D eigenvalue weighted by Gasteiger charge is -2.18. The minimum Gasteiger partial charge on any atom is -0.493 e. The standard InChI is InChI=1S/C23H23N3O3/c1-28-20-12-11-15(13-21(20)29-2)14-22(27)24-17-8-4-3-7-16(17)23-25-18-9-5-6-10-19(18)26-23/h3-13,23,25-26H,14H2,1-2H3,(H,24,27). The van der Waals surface area contributed by atoms with Gasteiger partial charge in [-0.2, -0.15) is 0 Å². The van der Waals surface area contributed by atoms with Crippen LogP contribution in [0.15, 0.2) is 66.7 Å². The van der Waals surface area contributed by atoms with Crippen LogP contribution in [0.25, 0.3) is 0 Å². The van der Waals surface area contributed by atoms with Gasteiger partial charge in [0.05, 0.1) is 32.0 Å². The van der Waals surface area contributed by atoms with E-state index in [-0.39, 0.29) is 18.5 Å². The average molecular weight is 389 g/mol. The van der Waals surface area contributed by atoms with Crippen LogP contribution in [0.1, 0.15) is 17.3 Å². The van der Waals surface area contributed by atoms with Gasteiger partial charge < -0.3 is 25.4 Å². The van der Waals surface area contributed by atoms with Crippen LogP contribution in [-0.2, 0) is 11.2 Å². The molecule has 148 valence electrons. The molecule has 3 N–H and O–H groups in total. The topological polar surface area (TPSA) is 71.6 Å². The van der Waals surface area contributed by atoms with E-state index in [4.69, 9.17) is 9.47 Å². The molecule has 0 unspecified atom stereocenters. The summed E-state index contributed by atoms with van der Waals surface area (Å²) in [7, 11) is 3.17. The first-order valence-corrected chi connectivity index (χ1v) is 9.39. The van der Waals surface area contributed by atoms with E-state index in [0.29, 0.717) is 11.5 Å². The summed E-state index contributed by atoms with van der Waals surface area (Å²) < 4.78 is 10.6. The molecule has 0 saturated heterocycles. The van der Waals surface area contributed by atoms with Crippen molar-refractivity contribution in [1.29, 1.82) is 0 Å². The van der Waals surface area contributed by atoms with Crippen molar-refractivity contribution in [2.75, 3.05) is 30.2 Å². The van der Waals surface area contributed by atoms with Crippen LogP contribution in [0.3, 0.4) is 0 Å². The number of benzene rings is 3. The van der Waals surface area contributed by atoms with Gasteiger partial charge in [-0.3, -0.25) is 4.79 Å². The number of amides is 1. The molecule has 1 aliphatic rings. The lowest BCUT2D eigenvalue weighted by molar-refractivity contribution is -0.115. The number of nitrogens with one attached hydrogen (secondary N) is 3. The number of carbonyl (C=O) groups is 1. The molecule has 1 aliphatic heterocycles. The number of methoxy groups -OCH3 is 2. The summed E-state index contributed by atoms with van der Waals surface area (Å²) in [4.78, 5) is 12.7.